The van der Waals surface area contributed by atoms with E-state index in [0.29, 0.717) is 18.2 Å². The Bertz CT molecular complexity index is 367. The average Bonchev–Trinajstić information content (AvgIpc) is 2.29. The second-order valence-electron chi connectivity index (χ2n) is 5.39. The minimum Gasteiger partial charge on any atom is -0.392 e. The average molecular weight is 234 g/mol. The number of nitrogens with two attached hydrogens (primary N) is 1. The van der Waals surface area contributed by atoms with E-state index < -0.39 is 0 Å². The van der Waals surface area contributed by atoms with Crippen molar-refractivity contribution < 1.29 is 5.11 Å². The molecule has 94 valence electrons. The van der Waals surface area contributed by atoms with Gasteiger partial charge in [-0.05, 0) is 48.8 Å². The first kappa shape index (κ1) is 12.4. The normalized spacial score (nSPS) is 26.7. The largest absolute Gasteiger partial charge is 0.392 e. The molecule has 1 aliphatic carbocycles. The lowest BCUT2D eigenvalue weighted by molar-refractivity contribution is 0.0720. The first-order valence-corrected chi connectivity index (χ1v) is 6.53. The van der Waals surface area contributed by atoms with Crippen LogP contribution in [0, 0.1) is 11.8 Å². The molecule has 0 saturated heterocycles. The standard InChI is InChI=1S/C14H22N2O/c1-10-3-2-4-12(7-10)13(17)8-11-5-6-16-14(15)9-11/h5-6,9-10,12-13,17H,2-4,7-8H2,1H3,(H2,15,16). The number of hydrogen-bond donors (Lipinski definition) is 2. The van der Waals surface area contributed by atoms with Gasteiger partial charge in [0.15, 0.2) is 0 Å². The van der Waals surface area contributed by atoms with E-state index in [0.717, 1.165) is 24.3 Å². The maximum atomic E-state index is 10.3. The molecule has 0 bridgehead atoms. The predicted molar refractivity (Wildman–Crippen MR) is 69.5 cm³/mol. The molecule has 0 radical (unpaired) electrons. The Morgan fingerprint density at radius 1 is 1.53 bits per heavy atom. The summed E-state index contributed by atoms with van der Waals surface area (Å²) in [6.07, 6.45) is 7.05. The molecule has 3 nitrogen and oxygen atoms in total. The molecule has 3 atom stereocenters. The monoisotopic (exact) mass is 234 g/mol. The van der Waals surface area contributed by atoms with Crippen LogP contribution < -0.4 is 5.73 Å². The summed E-state index contributed by atoms with van der Waals surface area (Å²) in [5.41, 5.74) is 6.73. The Kier molecular flexibility index (Phi) is 4.00. The van der Waals surface area contributed by atoms with Crippen LogP contribution in [0.5, 0.6) is 0 Å². The SMILES string of the molecule is CC1CCCC(C(O)Cc2ccnc(N)c2)C1. The Hall–Kier alpha value is -1.09. The third-order valence-corrected chi connectivity index (χ3v) is 3.81. The smallest absolute Gasteiger partial charge is 0.123 e. The van der Waals surface area contributed by atoms with E-state index in [2.05, 4.69) is 11.9 Å². The van der Waals surface area contributed by atoms with Gasteiger partial charge in [-0.3, -0.25) is 0 Å². The van der Waals surface area contributed by atoms with Gasteiger partial charge >= 0.3 is 0 Å². The van der Waals surface area contributed by atoms with E-state index in [1.165, 1.54) is 12.8 Å². The van der Waals surface area contributed by atoms with Crippen molar-refractivity contribution in [3.63, 3.8) is 0 Å². The quantitative estimate of drug-likeness (QED) is 0.844. The molecule has 0 amide bonds. The molecule has 1 fully saturated rings. The number of anilines is 1. The summed E-state index contributed by atoms with van der Waals surface area (Å²) in [6.45, 7) is 2.28. The molecule has 1 heterocycles. The Morgan fingerprint density at radius 3 is 3.06 bits per heavy atom. The van der Waals surface area contributed by atoms with E-state index in [-0.39, 0.29) is 6.10 Å². The van der Waals surface area contributed by atoms with Crippen LogP contribution in [-0.2, 0) is 6.42 Å². The van der Waals surface area contributed by atoms with Crippen molar-refractivity contribution in [1.29, 1.82) is 0 Å². The molecular formula is C14H22N2O. The van der Waals surface area contributed by atoms with Gasteiger partial charge in [-0.1, -0.05) is 19.8 Å². The van der Waals surface area contributed by atoms with Gasteiger partial charge < -0.3 is 10.8 Å². The fraction of sp³-hybridized carbons (Fsp3) is 0.643. The minimum atomic E-state index is -0.237. The van der Waals surface area contributed by atoms with Crippen molar-refractivity contribution in [2.75, 3.05) is 5.73 Å². The van der Waals surface area contributed by atoms with Gasteiger partial charge in [-0.15, -0.1) is 0 Å². The number of aromatic nitrogens is 1. The van der Waals surface area contributed by atoms with Crippen LogP contribution in [0.4, 0.5) is 5.82 Å². The van der Waals surface area contributed by atoms with Crippen molar-refractivity contribution in [3.05, 3.63) is 23.9 Å². The second-order valence-corrected chi connectivity index (χ2v) is 5.39. The third-order valence-electron chi connectivity index (χ3n) is 3.81. The van der Waals surface area contributed by atoms with E-state index in [4.69, 9.17) is 5.73 Å². The number of rotatable bonds is 3. The van der Waals surface area contributed by atoms with Crippen LogP contribution in [0.1, 0.15) is 38.2 Å². The highest BCUT2D eigenvalue weighted by Gasteiger charge is 2.25. The van der Waals surface area contributed by atoms with E-state index in [1.54, 1.807) is 6.20 Å². The number of hydrogen-bond acceptors (Lipinski definition) is 3. The predicted octanol–water partition coefficient (Wildman–Crippen LogP) is 2.39. The lowest BCUT2D eigenvalue weighted by Crippen LogP contribution is -2.27. The van der Waals surface area contributed by atoms with Crippen LogP contribution >= 0.6 is 0 Å². The molecule has 1 saturated carbocycles. The van der Waals surface area contributed by atoms with Crippen LogP contribution in [-0.4, -0.2) is 16.2 Å². The minimum absolute atomic E-state index is 0.237. The van der Waals surface area contributed by atoms with Crippen LogP contribution in [0.15, 0.2) is 18.3 Å². The molecule has 3 N–H and O–H groups in total. The van der Waals surface area contributed by atoms with Crippen LogP contribution in [0.25, 0.3) is 0 Å². The highest BCUT2D eigenvalue weighted by atomic mass is 16.3. The molecule has 1 aliphatic rings. The van der Waals surface area contributed by atoms with Crippen LogP contribution in [0.3, 0.4) is 0 Å². The van der Waals surface area contributed by atoms with Crippen molar-refractivity contribution in [1.82, 2.24) is 4.98 Å². The van der Waals surface area contributed by atoms with Gasteiger partial charge in [0.05, 0.1) is 6.10 Å². The fourth-order valence-corrected chi connectivity index (χ4v) is 2.86. The van der Waals surface area contributed by atoms with Crippen molar-refractivity contribution in [3.8, 4) is 0 Å². The van der Waals surface area contributed by atoms with Crippen molar-refractivity contribution >= 4 is 5.82 Å². The number of pyridine rings is 1. The zero-order valence-electron chi connectivity index (χ0n) is 10.5. The van der Waals surface area contributed by atoms with E-state index in [9.17, 15) is 5.11 Å². The topological polar surface area (TPSA) is 59.1 Å². The zero-order valence-corrected chi connectivity index (χ0v) is 10.5. The van der Waals surface area contributed by atoms with Crippen LogP contribution in [0.2, 0.25) is 0 Å². The highest BCUT2D eigenvalue weighted by molar-refractivity contribution is 5.32. The Morgan fingerprint density at radius 2 is 2.35 bits per heavy atom. The summed E-state index contributed by atoms with van der Waals surface area (Å²) in [5, 5.41) is 10.3. The molecule has 1 aromatic heterocycles. The number of aliphatic hydroxyl groups excluding tert-OH is 1. The number of nitrogens with zero attached hydrogens (tertiary/aromatic N) is 1. The number of aliphatic hydroxyl groups is 1. The summed E-state index contributed by atoms with van der Waals surface area (Å²) >= 11 is 0. The Balaban J connectivity index is 1.94. The zero-order chi connectivity index (χ0) is 12.3. The summed E-state index contributed by atoms with van der Waals surface area (Å²) < 4.78 is 0. The molecule has 0 aromatic carbocycles. The first-order valence-electron chi connectivity index (χ1n) is 6.53. The summed E-state index contributed by atoms with van der Waals surface area (Å²) in [7, 11) is 0. The Labute approximate surface area is 103 Å². The van der Waals surface area contributed by atoms with Gasteiger partial charge in [0.2, 0.25) is 0 Å². The molecular weight excluding hydrogens is 212 g/mol. The molecule has 3 heteroatoms. The fourth-order valence-electron chi connectivity index (χ4n) is 2.86. The maximum absolute atomic E-state index is 10.3. The lowest BCUT2D eigenvalue weighted by atomic mass is 9.78. The second kappa shape index (κ2) is 5.50. The van der Waals surface area contributed by atoms with Crippen molar-refractivity contribution in [2.45, 2.75) is 45.1 Å². The molecule has 0 aliphatic heterocycles. The van der Waals surface area contributed by atoms with Gasteiger partial charge in [0.1, 0.15) is 5.82 Å². The van der Waals surface area contributed by atoms with E-state index in [1.807, 2.05) is 12.1 Å². The lowest BCUT2D eigenvalue weighted by Gasteiger charge is -2.30. The van der Waals surface area contributed by atoms with Gasteiger partial charge in [-0.2, -0.15) is 0 Å². The molecule has 17 heavy (non-hydrogen) atoms. The van der Waals surface area contributed by atoms with Gasteiger partial charge in [0.25, 0.3) is 0 Å². The van der Waals surface area contributed by atoms with Gasteiger partial charge in [-0.25, -0.2) is 4.98 Å². The first-order chi connectivity index (χ1) is 8.15. The summed E-state index contributed by atoms with van der Waals surface area (Å²) in [6, 6.07) is 3.79. The third kappa shape index (κ3) is 3.43. The summed E-state index contributed by atoms with van der Waals surface area (Å²) in [5.74, 6) is 1.74. The molecule has 0 spiro atoms. The summed E-state index contributed by atoms with van der Waals surface area (Å²) in [4.78, 5) is 3.97. The molecule has 1 aromatic rings. The van der Waals surface area contributed by atoms with E-state index >= 15 is 0 Å². The maximum Gasteiger partial charge on any atom is 0.123 e. The highest BCUT2D eigenvalue weighted by Crippen LogP contribution is 2.31. The molecule has 3 unspecified atom stereocenters. The molecule has 2 rings (SSSR count). The van der Waals surface area contributed by atoms with Gasteiger partial charge in [0, 0.05) is 6.20 Å². The number of nitrogen functional groups attached to an aromatic ring is 1. The van der Waals surface area contributed by atoms with Crippen molar-refractivity contribution in [2.24, 2.45) is 11.8 Å².